The zero-order chi connectivity index (χ0) is 23.8. The van der Waals surface area contributed by atoms with Crippen LogP contribution in [0.5, 0.6) is 0 Å². The lowest BCUT2D eigenvalue weighted by molar-refractivity contribution is -0.136. The molecular weight excluding hydrogens is 473 g/mol. The summed E-state index contributed by atoms with van der Waals surface area (Å²) in [4.78, 5) is 4.06. The topological polar surface area (TPSA) is 76.5 Å². The molecule has 0 spiro atoms. The van der Waals surface area contributed by atoms with Crippen LogP contribution in [0.15, 0.2) is 12.3 Å². The number of anilines is 1. The van der Waals surface area contributed by atoms with Gasteiger partial charge in [0.1, 0.15) is 22.9 Å². The maximum absolute atomic E-state index is 13.8. The molecule has 176 valence electrons. The maximum Gasteiger partial charge on any atom is 0.418 e. The number of hydrogen-bond acceptors (Lipinski definition) is 5. The lowest BCUT2D eigenvalue weighted by atomic mass is 10.2. The Balaban J connectivity index is 2.51. The highest BCUT2D eigenvalue weighted by molar-refractivity contribution is 7.89. The fourth-order valence-corrected chi connectivity index (χ4v) is 4.69. The molecule has 0 radical (unpaired) electrons. The molecule has 2 rings (SSSR count). The Hall–Kier alpha value is -1.34. The van der Waals surface area contributed by atoms with Gasteiger partial charge in [0.2, 0.25) is 10.0 Å². The predicted molar refractivity (Wildman–Crippen MR) is 120 cm³/mol. The third kappa shape index (κ3) is 6.34. The van der Waals surface area contributed by atoms with E-state index in [9.17, 15) is 21.6 Å². The van der Waals surface area contributed by atoms with E-state index in [1.54, 1.807) is 0 Å². The van der Waals surface area contributed by atoms with Gasteiger partial charge in [0.15, 0.2) is 0 Å². The molecule has 2 aromatic heterocycles. The van der Waals surface area contributed by atoms with Crippen molar-refractivity contribution in [1.29, 1.82) is 0 Å². The van der Waals surface area contributed by atoms with Gasteiger partial charge in [-0.15, -0.1) is 0 Å². The first-order chi connectivity index (χ1) is 14.0. The van der Waals surface area contributed by atoms with Gasteiger partial charge < -0.3 is 14.6 Å². The van der Waals surface area contributed by atoms with Crippen molar-refractivity contribution in [2.45, 2.75) is 50.9 Å². The van der Waals surface area contributed by atoms with Crippen molar-refractivity contribution in [3.05, 3.63) is 23.0 Å². The second kappa shape index (κ2) is 9.26. The van der Waals surface area contributed by atoms with Gasteiger partial charge in [-0.3, -0.25) is 0 Å². The highest BCUT2D eigenvalue weighted by atomic mass is 35.5. The molecular formula is C18H28ClF3N4O3SSi. The van der Waals surface area contributed by atoms with E-state index in [2.05, 4.69) is 29.9 Å². The van der Waals surface area contributed by atoms with Crippen molar-refractivity contribution in [2.24, 2.45) is 0 Å². The van der Waals surface area contributed by atoms with E-state index in [0.29, 0.717) is 6.61 Å². The number of alkyl halides is 3. The monoisotopic (exact) mass is 500 g/mol. The third-order valence-corrected chi connectivity index (χ3v) is 8.57. The van der Waals surface area contributed by atoms with E-state index in [1.165, 1.54) is 31.7 Å². The van der Waals surface area contributed by atoms with Crippen LogP contribution in [0, 0.1) is 0 Å². The molecule has 2 heterocycles. The highest BCUT2D eigenvalue weighted by Crippen LogP contribution is 2.40. The molecule has 1 N–H and O–H groups in total. The Morgan fingerprint density at radius 1 is 1.32 bits per heavy atom. The van der Waals surface area contributed by atoms with Crippen molar-refractivity contribution >= 4 is 46.4 Å². The molecule has 0 aromatic carbocycles. The molecule has 0 saturated carbocycles. The number of sulfonamides is 1. The summed E-state index contributed by atoms with van der Waals surface area (Å²) < 4.78 is 73.9. The number of ether oxygens (including phenoxy) is 1. The van der Waals surface area contributed by atoms with E-state index in [4.69, 9.17) is 16.3 Å². The van der Waals surface area contributed by atoms with E-state index in [-0.39, 0.29) is 28.6 Å². The van der Waals surface area contributed by atoms with Crippen LogP contribution in [0.3, 0.4) is 0 Å². The van der Waals surface area contributed by atoms with Crippen LogP contribution in [-0.4, -0.2) is 56.4 Å². The standard InChI is InChI=1S/C18H28ClF3N4O3SSi/c1-12(30(27,28)25(2)3)23-14-9-15(19)24-17-16(14)13(18(20,21)22)10-26(17)11-29-7-8-31(4,5)6/h9-10,12H,7-8,11H2,1-6H3,(H,23,24). The van der Waals surface area contributed by atoms with Crippen molar-refractivity contribution in [3.63, 3.8) is 0 Å². The number of fused-ring (bicyclic) bond motifs is 1. The minimum atomic E-state index is -4.68. The second-order valence-corrected chi connectivity index (χ2v) is 17.1. The summed E-state index contributed by atoms with van der Waals surface area (Å²) in [6, 6.07) is 2.05. The van der Waals surface area contributed by atoms with Gasteiger partial charge in [-0.2, -0.15) is 13.2 Å². The summed E-state index contributed by atoms with van der Waals surface area (Å²) in [7, 11) is -2.45. The summed E-state index contributed by atoms with van der Waals surface area (Å²) in [5.74, 6) is 0. The first-order valence-corrected chi connectivity index (χ1v) is 15.1. The van der Waals surface area contributed by atoms with E-state index in [0.717, 1.165) is 16.5 Å². The van der Waals surface area contributed by atoms with Crippen LogP contribution in [0.4, 0.5) is 18.9 Å². The molecule has 13 heteroatoms. The van der Waals surface area contributed by atoms with Gasteiger partial charge in [-0.25, -0.2) is 17.7 Å². The molecule has 0 aliphatic carbocycles. The lowest BCUT2D eigenvalue weighted by Crippen LogP contribution is -2.36. The third-order valence-electron chi connectivity index (χ3n) is 4.64. The second-order valence-electron chi connectivity index (χ2n) is 8.66. The minimum Gasteiger partial charge on any atom is -0.367 e. The van der Waals surface area contributed by atoms with Gasteiger partial charge >= 0.3 is 6.18 Å². The molecule has 0 saturated heterocycles. The summed E-state index contributed by atoms with van der Waals surface area (Å²) in [5, 5.41) is 1.14. The van der Waals surface area contributed by atoms with Crippen LogP contribution in [0.1, 0.15) is 12.5 Å². The number of nitrogens with zero attached hydrogens (tertiary/aromatic N) is 3. The molecule has 0 amide bonds. The molecule has 7 nitrogen and oxygen atoms in total. The van der Waals surface area contributed by atoms with E-state index >= 15 is 0 Å². The zero-order valence-electron chi connectivity index (χ0n) is 18.3. The van der Waals surface area contributed by atoms with Crippen LogP contribution >= 0.6 is 11.6 Å². The van der Waals surface area contributed by atoms with Crippen molar-refractivity contribution in [3.8, 4) is 0 Å². The maximum atomic E-state index is 13.8. The molecule has 1 unspecified atom stereocenters. The number of rotatable bonds is 9. The highest BCUT2D eigenvalue weighted by Gasteiger charge is 2.37. The first kappa shape index (κ1) is 25.9. The SMILES string of the molecule is CC(Nc1cc(Cl)nc2c1c(C(F)(F)F)cn2COCC[Si](C)(C)C)S(=O)(=O)N(C)C. The molecule has 0 aliphatic heterocycles. The fraction of sp³-hybridized carbons (Fsp3) is 0.611. The summed E-state index contributed by atoms with van der Waals surface area (Å²) >= 11 is 6.06. The Kier molecular flexibility index (Phi) is 7.74. The van der Waals surface area contributed by atoms with Crippen molar-refractivity contribution in [2.75, 3.05) is 26.0 Å². The number of pyridine rings is 1. The Morgan fingerprint density at radius 2 is 1.94 bits per heavy atom. The Morgan fingerprint density at radius 3 is 2.45 bits per heavy atom. The molecule has 0 aliphatic rings. The van der Waals surface area contributed by atoms with Gasteiger partial charge in [0.25, 0.3) is 0 Å². The molecule has 31 heavy (non-hydrogen) atoms. The van der Waals surface area contributed by atoms with Crippen molar-refractivity contribution in [1.82, 2.24) is 13.9 Å². The fourth-order valence-electron chi connectivity index (χ4n) is 2.83. The van der Waals surface area contributed by atoms with Gasteiger partial charge in [-0.05, 0) is 19.0 Å². The minimum absolute atomic E-state index is 0.0372. The molecule has 0 bridgehead atoms. The number of aromatic nitrogens is 2. The van der Waals surface area contributed by atoms with Crippen molar-refractivity contribution < 1.29 is 26.3 Å². The summed E-state index contributed by atoms with van der Waals surface area (Å²) in [6.07, 6.45) is -3.77. The molecule has 1 atom stereocenters. The number of nitrogens with one attached hydrogen (secondary N) is 1. The number of hydrogen-bond donors (Lipinski definition) is 1. The molecule has 2 aromatic rings. The summed E-state index contributed by atoms with van der Waals surface area (Å²) in [5.41, 5.74) is -1.05. The van der Waals surface area contributed by atoms with Crippen LogP contribution in [-0.2, 0) is 27.7 Å². The Bertz CT molecular complexity index is 1040. The van der Waals surface area contributed by atoms with Gasteiger partial charge in [0.05, 0.1) is 10.9 Å². The smallest absolute Gasteiger partial charge is 0.367 e. The Labute approximate surface area is 186 Å². The van der Waals surface area contributed by atoms with Crippen LogP contribution in [0.2, 0.25) is 30.8 Å². The van der Waals surface area contributed by atoms with E-state index < -0.39 is 35.2 Å². The van der Waals surface area contributed by atoms with Crippen LogP contribution in [0.25, 0.3) is 11.0 Å². The predicted octanol–water partition coefficient (Wildman–Crippen LogP) is 4.67. The normalized spacial score (nSPS) is 14.4. The quantitative estimate of drug-likeness (QED) is 0.307. The lowest BCUT2D eigenvalue weighted by Gasteiger charge is -2.21. The summed E-state index contributed by atoms with van der Waals surface area (Å²) in [6.45, 7) is 8.15. The average Bonchev–Trinajstić information content (AvgIpc) is 2.96. The number of halogens is 4. The molecule has 0 fully saturated rings. The van der Waals surface area contributed by atoms with Crippen LogP contribution < -0.4 is 5.32 Å². The van der Waals surface area contributed by atoms with E-state index in [1.807, 2.05) is 0 Å². The average molecular weight is 501 g/mol. The van der Waals surface area contributed by atoms with Gasteiger partial charge in [0, 0.05) is 40.7 Å². The largest absolute Gasteiger partial charge is 0.418 e. The van der Waals surface area contributed by atoms with Gasteiger partial charge in [-0.1, -0.05) is 31.2 Å². The first-order valence-electron chi connectivity index (χ1n) is 9.56. The zero-order valence-corrected chi connectivity index (χ0v) is 20.9.